The maximum absolute atomic E-state index is 4.74. The van der Waals surface area contributed by atoms with Crippen molar-refractivity contribution >= 4 is 19.0 Å². The smallest absolute Gasteiger partial charge is 0.0736 e. The van der Waals surface area contributed by atoms with E-state index in [9.17, 15) is 0 Å². The average molecular weight is 312 g/mol. The van der Waals surface area contributed by atoms with Gasteiger partial charge in [0.15, 0.2) is 0 Å². The largest absolute Gasteiger partial charge is 0.256 e. The van der Waals surface area contributed by atoms with E-state index in [1.54, 1.807) is 0 Å². The molecule has 1 aromatic heterocycles. The van der Waals surface area contributed by atoms with Gasteiger partial charge in [-0.2, -0.15) is 0 Å². The molecular weight excluding hydrogens is 282 g/mol. The number of hydrogen-bond donors (Lipinski definition) is 0. The molecule has 0 N–H and O–H groups in total. The molecule has 1 aliphatic rings. The first kappa shape index (κ1) is 15.7. The van der Waals surface area contributed by atoms with Gasteiger partial charge in [0.05, 0.1) is 5.52 Å². The number of benzene rings is 1. The van der Waals surface area contributed by atoms with E-state index < -0.39 is 8.07 Å². The van der Waals surface area contributed by atoms with Crippen molar-refractivity contribution in [1.29, 1.82) is 0 Å². The average Bonchev–Trinajstić information content (AvgIpc) is 2.70. The van der Waals surface area contributed by atoms with Crippen molar-refractivity contribution in [3.8, 4) is 0 Å². The first-order valence-electron chi connectivity index (χ1n) is 8.66. The highest BCUT2D eigenvalue weighted by molar-refractivity contribution is 6.77. The van der Waals surface area contributed by atoms with Gasteiger partial charge in [-0.3, -0.25) is 4.98 Å². The minimum Gasteiger partial charge on any atom is -0.256 e. The fourth-order valence-electron chi connectivity index (χ4n) is 4.99. The van der Waals surface area contributed by atoms with Gasteiger partial charge in [0.1, 0.15) is 0 Å². The third-order valence-corrected chi connectivity index (χ3v) is 9.09. The molecule has 2 heteroatoms. The van der Waals surface area contributed by atoms with Crippen molar-refractivity contribution in [2.45, 2.75) is 51.9 Å². The number of nitrogens with zero attached hydrogens (tertiary/aromatic N) is 1. The second-order valence-electron chi connectivity index (χ2n) is 8.42. The Kier molecular flexibility index (Phi) is 3.92. The zero-order valence-electron chi connectivity index (χ0n) is 14.8. The number of aromatic nitrogens is 1. The Hall–Kier alpha value is -1.15. The molecule has 0 saturated heterocycles. The molecule has 0 spiro atoms. The summed E-state index contributed by atoms with van der Waals surface area (Å²) in [5.41, 5.74) is 3.56. The van der Waals surface area contributed by atoms with Crippen molar-refractivity contribution in [3.63, 3.8) is 0 Å². The lowest BCUT2D eigenvalue weighted by Gasteiger charge is -2.35. The molecule has 1 aromatic carbocycles. The maximum Gasteiger partial charge on any atom is 0.0736 e. The lowest BCUT2D eigenvalue weighted by Crippen LogP contribution is -2.34. The monoisotopic (exact) mass is 311 g/mol. The van der Waals surface area contributed by atoms with Gasteiger partial charge < -0.3 is 0 Å². The summed E-state index contributed by atoms with van der Waals surface area (Å²) < 4.78 is 0. The van der Waals surface area contributed by atoms with Crippen LogP contribution in [0.3, 0.4) is 0 Å². The number of pyridine rings is 1. The molecule has 1 heterocycles. The van der Waals surface area contributed by atoms with Crippen LogP contribution in [-0.4, -0.2) is 13.1 Å². The van der Waals surface area contributed by atoms with Crippen molar-refractivity contribution in [2.75, 3.05) is 0 Å². The first-order chi connectivity index (χ1) is 10.3. The molecule has 118 valence electrons. The SMILES string of the molecule is CC1C(C)C(c2cccc3cccnc23)C([Si](C)(C)C)C1C. The third-order valence-electron chi connectivity index (χ3n) is 6.20. The van der Waals surface area contributed by atoms with Crippen LogP contribution in [0.1, 0.15) is 32.3 Å². The molecule has 0 bridgehead atoms. The minimum absolute atomic E-state index is 0.662. The van der Waals surface area contributed by atoms with Gasteiger partial charge in [-0.1, -0.05) is 64.7 Å². The summed E-state index contributed by atoms with van der Waals surface area (Å²) >= 11 is 0. The Balaban J connectivity index is 2.19. The molecule has 22 heavy (non-hydrogen) atoms. The van der Waals surface area contributed by atoms with Gasteiger partial charge in [-0.05, 0) is 40.8 Å². The molecule has 2 aromatic rings. The highest BCUT2D eigenvalue weighted by Gasteiger charge is 2.50. The topological polar surface area (TPSA) is 12.9 Å². The predicted molar refractivity (Wildman–Crippen MR) is 99.1 cm³/mol. The van der Waals surface area contributed by atoms with E-state index in [-0.39, 0.29) is 0 Å². The summed E-state index contributed by atoms with van der Waals surface area (Å²) in [5, 5.41) is 1.29. The summed E-state index contributed by atoms with van der Waals surface area (Å²) in [7, 11) is -1.23. The number of fused-ring (bicyclic) bond motifs is 1. The summed E-state index contributed by atoms with van der Waals surface area (Å²) in [6, 6.07) is 11.0. The minimum atomic E-state index is -1.23. The van der Waals surface area contributed by atoms with E-state index in [1.165, 1.54) is 16.5 Å². The van der Waals surface area contributed by atoms with E-state index in [0.29, 0.717) is 5.92 Å². The van der Waals surface area contributed by atoms with E-state index >= 15 is 0 Å². The van der Waals surface area contributed by atoms with Crippen LogP contribution in [0.15, 0.2) is 36.5 Å². The second-order valence-corrected chi connectivity index (χ2v) is 13.8. The summed E-state index contributed by atoms with van der Waals surface area (Å²) in [5.74, 6) is 3.00. The normalized spacial score (nSPS) is 32.5. The van der Waals surface area contributed by atoms with E-state index in [0.717, 1.165) is 23.3 Å². The van der Waals surface area contributed by atoms with Crippen molar-refractivity contribution in [3.05, 3.63) is 42.1 Å². The molecule has 1 fully saturated rings. The van der Waals surface area contributed by atoms with E-state index in [2.05, 4.69) is 64.7 Å². The molecule has 5 atom stereocenters. The third kappa shape index (κ3) is 2.42. The van der Waals surface area contributed by atoms with Gasteiger partial charge in [0.25, 0.3) is 0 Å². The van der Waals surface area contributed by atoms with Gasteiger partial charge >= 0.3 is 0 Å². The maximum atomic E-state index is 4.74. The molecule has 0 radical (unpaired) electrons. The Morgan fingerprint density at radius 2 is 1.55 bits per heavy atom. The quantitative estimate of drug-likeness (QED) is 0.625. The fourth-order valence-corrected chi connectivity index (χ4v) is 8.43. The van der Waals surface area contributed by atoms with Crippen molar-refractivity contribution in [1.82, 2.24) is 4.98 Å². The summed E-state index contributed by atoms with van der Waals surface area (Å²) in [6.07, 6.45) is 1.95. The first-order valence-corrected chi connectivity index (χ1v) is 12.2. The molecule has 1 aliphatic carbocycles. The van der Waals surface area contributed by atoms with Crippen LogP contribution in [0, 0.1) is 17.8 Å². The highest BCUT2D eigenvalue weighted by atomic mass is 28.3. The lowest BCUT2D eigenvalue weighted by atomic mass is 9.85. The molecule has 0 aliphatic heterocycles. The number of hydrogen-bond acceptors (Lipinski definition) is 1. The molecule has 3 rings (SSSR count). The zero-order valence-corrected chi connectivity index (χ0v) is 15.8. The molecular formula is C20H29NSi. The highest BCUT2D eigenvalue weighted by Crippen LogP contribution is 2.58. The summed E-state index contributed by atoms with van der Waals surface area (Å²) in [6.45, 7) is 15.1. The van der Waals surface area contributed by atoms with Crippen LogP contribution in [0.5, 0.6) is 0 Å². The van der Waals surface area contributed by atoms with Crippen LogP contribution >= 0.6 is 0 Å². The van der Waals surface area contributed by atoms with Gasteiger partial charge in [0, 0.05) is 19.7 Å². The molecule has 1 nitrogen and oxygen atoms in total. The molecule has 0 amide bonds. The van der Waals surface area contributed by atoms with Gasteiger partial charge in [-0.25, -0.2) is 0 Å². The molecule has 5 unspecified atom stereocenters. The van der Waals surface area contributed by atoms with Crippen LogP contribution in [-0.2, 0) is 0 Å². The predicted octanol–water partition coefficient (Wildman–Crippen LogP) is 5.95. The fraction of sp³-hybridized carbons (Fsp3) is 0.550. The Morgan fingerprint density at radius 3 is 2.23 bits per heavy atom. The molecule has 1 saturated carbocycles. The Labute approximate surface area is 136 Å². The van der Waals surface area contributed by atoms with Gasteiger partial charge in [-0.15, -0.1) is 0 Å². The van der Waals surface area contributed by atoms with Crippen LogP contribution in [0.2, 0.25) is 25.2 Å². The van der Waals surface area contributed by atoms with Crippen molar-refractivity contribution < 1.29 is 0 Å². The number of rotatable bonds is 2. The van der Waals surface area contributed by atoms with Crippen LogP contribution < -0.4 is 0 Å². The van der Waals surface area contributed by atoms with Crippen molar-refractivity contribution in [2.24, 2.45) is 17.8 Å². The number of para-hydroxylation sites is 1. The van der Waals surface area contributed by atoms with E-state index in [1.807, 2.05) is 12.3 Å². The second kappa shape index (κ2) is 5.49. The summed E-state index contributed by atoms with van der Waals surface area (Å²) in [4.78, 5) is 4.74. The van der Waals surface area contributed by atoms with E-state index in [4.69, 9.17) is 4.98 Å². The Morgan fingerprint density at radius 1 is 0.864 bits per heavy atom. The zero-order chi connectivity index (χ0) is 16.1. The standard InChI is InChI=1S/C20H29NSi/c1-13-14(2)18(20(15(13)3)22(4,5)6)17-11-7-9-16-10-8-12-21-19(16)17/h7-15,18,20H,1-6H3. The Bertz CT molecular complexity index is 667. The van der Waals surface area contributed by atoms with Gasteiger partial charge in [0.2, 0.25) is 0 Å². The van der Waals surface area contributed by atoms with Crippen LogP contribution in [0.25, 0.3) is 10.9 Å². The lowest BCUT2D eigenvalue weighted by molar-refractivity contribution is 0.370. The van der Waals surface area contributed by atoms with Crippen LogP contribution in [0.4, 0.5) is 0 Å².